The number of nitrogens with zero attached hydrogens (tertiary/aromatic N) is 1. The van der Waals surface area contributed by atoms with Gasteiger partial charge in [0.05, 0.1) is 29.2 Å². The quantitative estimate of drug-likeness (QED) is 0.259. The van der Waals surface area contributed by atoms with Gasteiger partial charge in [-0.05, 0) is 68.7 Å². The van der Waals surface area contributed by atoms with Gasteiger partial charge in [-0.2, -0.15) is 0 Å². The van der Waals surface area contributed by atoms with Crippen molar-refractivity contribution in [3.63, 3.8) is 0 Å². The zero-order chi connectivity index (χ0) is 24.2. The minimum atomic E-state index is -0.0152. The van der Waals surface area contributed by atoms with Gasteiger partial charge in [0.1, 0.15) is 5.75 Å². The Morgan fingerprint density at radius 1 is 1.00 bits per heavy atom. The van der Waals surface area contributed by atoms with Crippen molar-refractivity contribution >= 4 is 33.4 Å². The number of hydrogen-bond acceptors (Lipinski definition) is 3. The third-order valence-electron chi connectivity index (χ3n) is 6.21. The molecular weight excluding hydrogens is 434 g/mol. The molecule has 176 valence electrons. The lowest BCUT2D eigenvalue weighted by molar-refractivity contribution is -0.116. The molecule has 0 spiro atoms. The Labute approximate surface area is 205 Å². The first-order valence-electron chi connectivity index (χ1n) is 12.1. The molecule has 0 aliphatic heterocycles. The molecule has 35 heavy (non-hydrogen) atoms. The van der Waals surface area contributed by atoms with E-state index in [1.54, 1.807) is 0 Å². The van der Waals surface area contributed by atoms with E-state index < -0.39 is 0 Å². The summed E-state index contributed by atoms with van der Waals surface area (Å²) in [5, 5.41) is 5.31. The number of carbonyl (C=O) groups is 1. The number of anilines is 1. The monoisotopic (exact) mass is 463 g/mol. The number of benzene rings is 3. The van der Waals surface area contributed by atoms with Gasteiger partial charge in [0.25, 0.3) is 0 Å². The summed E-state index contributed by atoms with van der Waals surface area (Å²) in [6.45, 7) is 4.59. The van der Waals surface area contributed by atoms with E-state index in [4.69, 9.17) is 9.72 Å². The molecule has 2 aromatic heterocycles. The predicted octanol–water partition coefficient (Wildman–Crippen LogP) is 7.05. The molecule has 0 radical (unpaired) electrons. The molecule has 5 heteroatoms. The van der Waals surface area contributed by atoms with Gasteiger partial charge in [0, 0.05) is 22.7 Å². The third-order valence-corrected chi connectivity index (χ3v) is 6.21. The van der Waals surface area contributed by atoms with Gasteiger partial charge in [0.15, 0.2) is 0 Å². The van der Waals surface area contributed by atoms with Gasteiger partial charge in [-0.1, -0.05) is 48.0 Å². The van der Waals surface area contributed by atoms with E-state index in [1.165, 1.54) is 16.5 Å². The number of aromatic nitrogens is 2. The van der Waals surface area contributed by atoms with E-state index in [0.717, 1.165) is 40.6 Å². The largest absolute Gasteiger partial charge is 0.492 e. The molecule has 0 aliphatic carbocycles. The Balaban J connectivity index is 1.38. The van der Waals surface area contributed by atoms with Crippen molar-refractivity contribution in [2.24, 2.45) is 0 Å². The number of nitrogens with one attached hydrogen (secondary N) is 2. The third kappa shape index (κ3) is 4.90. The molecule has 0 aliphatic rings. The number of carbonyl (C=O) groups excluding carboxylic acids is 1. The van der Waals surface area contributed by atoms with Gasteiger partial charge in [-0.15, -0.1) is 0 Å². The summed E-state index contributed by atoms with van der Waals surface area (Å²) in [4.78, 5) is 21.2. The summed E-state index contributed by atoms with van der Waals surface area (Å²) >= 11 is 0. The topological polar surface area (TPSA) is 67.0 Å². The standard InChI is InChI=1S/C30H29N3O2/c1-3-35-28-13-7-6-12-26(28)32-29(34)14-8-10-22-23-19-20(2)15-17-25(23)33-30(22)27-18-16-21-9-4-5-11-24(21)31-27/h4-7,9,11-13,15-19,33H,3,8,10,14H2,1-2H3,(H,32,34). The van der Waals surface area contributed by atoms with Gasteiger partial charge in [-0.25, -0.2) is 4.98 Å². The van der Waals surface area contributed by atoms with Crippen LogP contribution in [-0.2, 0) is 11.2 Å². The smallest absolute Gasteiger partial charge is 0.224 e. The van der Waals surface area contributed by atoms with Gasteiger partial charge in [-0.3, -0.25) is 4.79 Å². The average molecular weight is 464 g/mol. The van der Waals surface area contributed by atoms with Crippen LogP contribution in [0.3, 0.4) is 0 Å². The maximum absolute atomic E-state index is 12.7. The minimum Gasteiger partial charge on any atom is -0.492 e. The minimum absolute atomic E-state index is 0.0152. The summed E-state index contributed by atoms with van der Waals surface area (Å²) in [5.41, 5.74) is 7.13. The second-order valence-corrected chi connectivity index (χ2v) is 8.75. The highest BCUT2D eigenvalue weighted by Crippen LogP contribution is 2.32. The molecule has 0 unspecified atom stereocenters. The van der Waals surface area contributed by atoms with Crippen molar-refractivity contribution < 1.29 is 9.53 Å². The number of amides is 1. The summed E-state index contributed by atoms with van der Waals surface area (Å²) < 4.78 is 5.63. The van der Waals surface area contributed by atoms with Crippen LogP contribution in [0.2, 0.25) is 0 Å². The summed E-state index contributed by atoms with van der Waals surface area (Å²) in [7, 11) is 0. The fourth-order valence-electron chi connectivity index (χ4n) is 4.53. The Bertz CT molecular complexity index is 1500. The molecular formula is C30H29N3O2. The normalized spacial score (nSPS) is 11.1. The lowest BCUT2D eigenvalue weighted by Crippen LogP contribution is -2.12. The fraction of sp³-hybridized carbons (Fsp3) is 0.200. The zero-order valence-electron chi connectivity index (χ0n) is 20.1. The number of para-hydroxylation sites is 3. The lowest BCUT2D eigenvalue weighted by Gasteiger charge is -2.11. The van der Waals surface area contributed by atoms with Crippen molar-refractivity contribution in [3.8, 4) is 17.1 Å². The number of ether oxygens (including phenoxy) is 1. The van der Waals surface area contributed by atoms with Crippen LogP contribution in [0.15, 0.2) is 78.9 Å². The van der Waals surface area contributed by atoms with Crippen LogP contribution in [0.1, 0.15) is 30.9 Å². The fourth-order valence-corrected chi connectivity index (χ4v) is 4.53. The molecule has 1 amide bonds. The molecule has 2 heterocycles. The number of fused-ring (bicyclic) bond motifs is 2. The number of H-pyrrole nitrogens is 1. The summed E-state index contributed by atoms with van der Waals surface area (Å²) in [5.74, 6) is 0.679. The van der Waals surface area contributed by atoms with Crippen LogP contribution in [0.25, 0.3) is 33.2 Å². The first kappa shape index (κ1) is 22.7. The van der Waals surface area contributed by atoms with E-state index >= 15 is 0 Å². The van der Waals surface area contributed by atoms with E-state index in [9.17, 15) is 4.79 Å². The molecule has 5 nitrogen and oxygen atoms in total. The van der Waals surface area contributed by atoms with Gasteiger partial charge < -0.3 is 15.0 Å². The Morgan fingerprint density at radius 2 is 1.83 bits per heavy atom. The van der Waals surface area contributed by atoms with Crippen molar-refractivity contribution in [1.29, 1.82) is 0 Å². The molecule has 0 atom stereocenters. The van der Waals surface area contributed by atoms with Gasteiger partial charge >= 0.3 is 0 Å². The number of aryl methyl sites for hydroxylation is 2. The van der Waals surface area contributed by atoms with Crippen molar-refractivity contribution in [3.05, 3.63) is 90.0 Å². The van der Waals surface area contributed by atoms with E-state index in [1.807, 2.05) is 49.4 Å². The first-order valence-corrected chi connectivity index (χ1v) is 12.1. The van der Waals surface area contributed by atoms with Crippen LogP contribution >= 0.6 is 0 Å². The summed E-state index contributed by atoms with van der Waals surface area (Å²) in [6, 6.07) is 26.3. The summed E-state index contributed by atoms with van der Waals surface area (Å²) in [6.07, 6.45) is 1.92. The number of rotatable bonds is 8. The van der Waals surface area contributed by atoms with E-state index in [2.05, 4.69) is 53.6 Å². The van der Waals surface area contributed by atoms with Gasteiger partial charge in [0.2, 0.25) is 5.91 Å². The lowest BCUT2D eigenvalue weighted by atomic mass is 10.0. The second-order valence-electron chi connectivity index (χ2n) is 8.75. The molecule has 5 rings (SSSR count). The van der Waals surface area contributed by atoms with Crippen molar-refractivity contribution in [1.82, 2.24) is 9.97 Å². The van der Waals surface area contributed by atoms with Crippen LogP contribution in [-0.4, -0.2) is 22.5 Å². The highest BCUT2D eigenvalue weighted by Gasteiger charge is 2.16. The predicted molar refractivity (Wildman–Crippen MR) is 143 cm³/mol. The maximum Gasteiger partial charge on any atom is 0.224 e. The molecule has 0 saturated carbocycles. The Hall–Kier alpha value is -4.12. The van der Waals surface area contributed by atoms with Crippen LogP contribution in [0, 0.1) is 6.92 Å². The highest BCUT2D eigenvalue weighted by atomic mass is 16.5. The molecule has 2 N–H and O–H groups in total. The SMILES string of the molecule is CCOc1ccccc1NC(=O)CCCc1c(-c2ccc3ccccc3n2)[nH]c2ccc(C)cc12. The first-order chi connectivity index (χ1) is 17.1. The molecule has 0 bridgehead atoms. The molecule has 0 fully saturated rings. The number of aromatic amines is 1. The van der Waals surface area contributed by atoms with E-state index in [0.29, 0.717) is 24.5 Å². The van der Waals surface area contributed by atoms with Crippen LogP contribution in [0.5, 0.6) is 5.75 Å². The van der Waals surface area contributed by atoms with Crippen LogP contribution < -0.4 is 10.1 Å². The molecule has 3 aromatic carbocycles. The molecule has 0 saturated heterocycles. The maximum atomic E-state index is 12.7. The highest BCUT2D eigenvalue weighted by molar-refractivity contribution is 5.93. The zero-order valence-corrected chi connectivity index (χ0v) is 20.1. The number of pyridine rings is 1. The van der Waals surface area contributed by atoms with E-state index in [-0.39, 0.29) is 5.91 Å². The average Bonchev–Trinajstić information content (AvgIpc) is 3.22. The second kappa shape index (κ2) is 10.0. The Kier molecular flexibility index (Phi) is 6.49. The van der Waals surface area contributed by atoms with Crippen LogP contribution in [0.4, 0.5) is 5.69 Å². The van der Waals surface area contributed by atoms with Crippen molar-refractivity contribution in [2.45, 2.75) is 33.1 Å². The number of hydrogen-bond donors (Lipinski definition) is 2. The molecule has 5 aromatic rings. The Morgan fingerprint density at radius 3 is 2.71 bits per heavy atom. The van der Waals surface area contributed by atoms with Crippen molar-refractivity contribution in [2.75, 3.05) is 11.9 Å².